The number of hydrogen-bond donors (Lipinski definition) is 0. The highest BCUT2D eigenvalue weighted by Gasteiger charge is 2.56. The van der Waals surface area contributed by atoms with Gasteiger partial charge >= 0.3 is 0 Å². The zero-order valence-corrected chi connectivity index (χ0v) is 26.2. The predicted molar refractivity (Wildman–Crippen MR) is 176 cm³/mol. The molecule has 4 atom stereocenters. The van der Waals surface area contributed by atoms with Gasteiger partial charge in [0.2, 0.25) is 25.4 Å². The number of hydrogen-bond acceptors (Lipinski definition) is 6. The average Bonchev–Trinajstić information content (AvgIpc) is 3.77. The molecule has 5 aliphatic rings. The Morgan fingerprint density at radius 1 is 0.543 bits per heavy atom. The lowest BCUT2D eigenvalue weighted by Crippen LogP contribution is -2.60. The summed E-state index contributed by atoms with van der Waals surface area (Å²) < 4.78 is 21.9. The van der Waals surface area contributed by atoms with Crippen molar-refractivity contribution < 1.29 is 28.5 Å². The molecule has 7 rings (SSSR count). The molecule has 0 unspecified atom stereocenters. The number of allylic oxidation sites excluding steroid dienone is 6. The number of piperidine rings is 2. The first-order chi connectivity index (χ1) is 22.7. The molecule has 1 aliphatic carbocycles. The van der Waals surface area contributed by atoms with Crippen LogP contribution in [-0.2, 0) is 9.59 Å². The monoisotopic (exact) mass is 622 g/mol. The van der Waals surface area contributed by atoms with Gasteiger partial charge in [0, 0.05) is 26.2 Å². The molecule has 2 aromatic carbocycles. The lowest BCUT2D eigenvalue weighted by molar-refractivity contribution is -0.161. The van der Waals surface area contributed by atoms with Gasteiger partial charge in [-0.2, -0.15) is 0 Å². The summed E-state index contributed by atoms with van der Waals surface area (Å²) in [7, 11) is 0. The number of nitrogens with zero attached hydrogens (tertiary/aromatic N) is 2. The van der Waals surface area contributed by atoms with Crippen LogP contribution >= 0.6 is 0 Å². The lowest BCUT2D eigenvalue weighted by atomic mass is 9.55. The van der Waals surface area contributed by atoms with Crippen LogP contribution in [0.4, 0.5) is 0 Å². The molecule has 0 bridgehead atoms. The van der Waals surface area contributed by atoms with Gasteiger partial charge in [0.1, 0.15) is 0 Å². The summed E-state index contributed by atoms with van der Waals surface area (Å²) in [6, 6.07) is 11.7. The van der Waals surface area contributed by atoms with Gasteiger partial charge in [0.15, 0.2) is 23.0 Å². The molecule has 8 heteroatoms. The second-order valence-electron chi connectivity index (χ2n) is 12.7. The second-order valence-corrected chi connectivity index (χ2v) is 12.7. The molecule has 3 fully saturated rings. The van der Waals surface area contributed by atoms with Gasteiger partial charge in [-0.15, -0.1) is 0 Å². The van der Waals surface area contributed by atoms with E-state index in [2.05, 4.69) is 12.2 Å². The minimum absolute atomic E-state index is 0.0789. The molecule has 4 aliphatic heterocycles. The Morgan fingerprint density at radius 3 is 1.39 bits per heavy atom. The van der Waals surface area contributed by atoms with Gasteiger partial charge in [-0.1, -0.05) is 60.7 Å². The van der Waals surface area contributed by atoms with Crippen LogP contribution in [0.1, 0.15) is 49.7 Å². The molecule has 0 N–H and O–H groups in total. The van der Waals surface area contributed by atoms with E-state index in [9.17, 15) is 9.59 Å². The van der Waals surface area contributed by atoms with Crippen molar-refractivity contribution in [2.24, 2.45) is 23.7 Å². The largest absolute Gasteiger partial charge is 0.454 e. The molecule has 2 aromatic rings. The highest BCUT2D eigenvalue weighted by Crippen LogP contribution is 2.50. The van der Waals surface area contributed by atoms with Crippen LogP contribution in [0.25, 0.3) is 12.2 Å². The van der Waals surface area contributed by atoms with Gasteiger partial charge in [-0.3, -0.25) is 9.59 Å². The Hall–Kier alpha value is -4.46. The van der Waals surface area contributed by atoms with E-state index in [0.717, 1.165) is 98.8 Å². The zero-order valence-electron chi connectivity index (χ0n) is 26.2. The molecule has 8 nitrogen and oxygen atoms in total. The third-order valence-corrected chi connectivity index (χ3v) is 9.83. The van der Waals surface area contributed by atoms with Gasteiger partial charge in [-0.25, -0.2) is 0 Å². The summed E-state index contributed by atoms with van der Waals surface area (Å²) in [5.74, 6) is 2.38. The molecule has 4 heterocycles. The Kier molecular flexibility index (Phi) is 9.12. The Labute approximate surface area is 270 Å². The third kappa shape index (κ3) is 6.43. The summed E-state index contributed by atoms with van der Waals surface area (Å²) in [6.45, 7) is 3.60. The van der Waals surface area contributed by atoms with Crippen LogP contribution in [0, 0.1) is 23.7 Å². The molecular formula is C38H42N2O6. The van der Waals surface area contributed by atoms with Gasteiger partial charge in [0.05, 0.1) is 11.8 Å². The van der Waals surface area contributed by atoms with Crippen molar-refractivity contribution in [1.82, 2.24) is 9.80 Å². The van der Waals surface area contributed by atoms with E-state index in [-0.39, 0.29) is 49.1 Å². The summed E-state index contributed by atoms with van der Waals surface area (Å²) in [6.07, 6.45) is 22.8. The van der Waals surface area contributed by atoms with Crippen LogP contribution in [0.15, 0.2) is 72.9 Å². The second kappa shape index (κ2) is 13.9. The fourth-order valence-electron chi connectivity index (χ4n) is 7.35. The Morgan fingerprint density at radius 2 is 0.957 bits per heavy atom. The predicted octanol–water partition coefficient (Wildman–Crippen LogP) is 6.49. The number of fused-ring (bicyclic) bond motifs is 2. The molecule has 1 saturated carbocycles. The number of carbonyl (C=O) groups excluding carboxylic acids is 2. The van der Waals surface area contributed by atoms with E-state index in [4.69, 9.17) is 18.9 Å². The van der Waals surface area contributed by atoms with E-state index in [1.807, 2.05) is 82.7 Å². The van der Waals surface area contributed by atoms with Crippen molar-refractivity contribution in [2.45, 2.75) is 38.5 Å². The summed E-state index contributed by atoms with van der Waals surface area (Å²) in [5.41, 5.74) is 2.01. The fraction of sp³-hybridized carbons (Fsp3) is 0.421. The van der Waals surface area contributed by atoms with Crippen LogP contribution in [-0.4, -0.2) is 61.4 Å². The molecule has 0 radical (unpaired) electrons. The van der Waals surface area contributed by atoms with E-state index in [1.54, 1.807) is 0 Å². The van der Waals surface area contributed by atoms with Crippen molar-refractivity contribution in [3.05, 3.63) is 84.0 Å². The maximum absolute atomic E-state index is 14.1. The van der Waals surface area contributed by atoms with E-state index in [1.165, 1.54) is 0 Å². The molecule has 0 spiro atoms. The number of likely N-dealkylation sites (tertiary alicyclic amines) is 2. The number of ether oxygens (including phenoxy) is 4. The SMILES string of the molecule is O=C([C@H]1[C@H](/C=C/C=C/c2ccc3c(c2)OCO3)[C@@H](/C=C/C=C/c2ccc3c(c2)OCO3)[C@@H]1C(=O)N1CCCCC1)N1CCCCC1. The van der Waals surface area contributed by atoms with Crippen molar-refractivity contribution in [1.29, 1.82) is 0 Å². The summed E-state index contributed by atoms with van der Waals surface area (Å²) >= 11 is 0. The number of carbonyl (C=O) groups is 2. The van der Waals surface area contributed by atoms with E-state index in [0.29, 0.717) is 0 Å². The standard InChI is InChI=1S/C38H42N2O6/c41-37(39-19-7-1-8-20-39)35-29(13-5-3-11-27-15-17-31-33(23-27)45-25-43-31)30(36(35)38(42)40-21-9-2-10-22-40)14-6-4-12-28-16-18-32-34(24-28)46-26-44-32/h3-6,11-18,23-24,29-30,35-36H,1-2,7-10,19-22,25-26H2/b11-3+,12-4+,13-5+,14-6+/t29-,30-,35+,36+/m1/s1. The molecule has 0 aromatic heterocycles. The molecule has 2 saturated heterocycles. The summed E-state index contributed by atoms with van der Waals surface area (Å²) in [4.78, 5) is 32.3. The quantitative estimate of drug-likeness (QED) is 0.314. The normalized spacial score (nSPS) is 25.7. The average molecular weight is 623 g/mol. The smallest absolute Gasteiger partial charge is 0.231 e. The fourth-order valence-corrected chi connectivity index (χ4v) is 7.35. The minimum Gasteiger partial charge on any atom is -0.454 e. The first-order valence-corrected chi connectivity index (χ1v) is 16.7. The molecular weight excluding hydrogens is 580 g/mol. The maximum atomic E-state index is 14.1. The number of benzene rings is 2. The number of rotatable bonds is 8. The van der Waals surface area contributed by atoms with Gasteiger partial charge in [-0.05, 0) is 85.8 Å². The van der Waals surface area contributed by atoms with Crippen molar-refractivity contribution in [3.63, 3.8) is 0 Å². The van der Waals surface area contributed by atoms with Gasteiger partial charge < -0.3 is 28.7 Å². The minimum atomic E-state index is -0.366. The van der Waals surface area contributed by atoms with Crippen LogP contribution < -0.4 is 18.9 Å². The Balaban J connectivity index is 1.14. The van der Waals surface area contributed by atoms with Crippen LogP contribution in [0.5, 0.6) is 23.0 Å². The lowest BCUT2D eigenvalue weighted by Gasteiger charge is -2.51. The molecule has 46 heavy (non-hydrogen) atoms. The highest BCUT2D eigenvalue weighted by atomic mass is 16.7. The topological polar surface area (TPSA) is 77.5 Å². The van der Waals surface area contributed by atoms with Crippen molar-refractivity contribution in [2.75, 3.05) is 39.8 Å². The molecule has 2 amide bonds. The third-order valence-electron chi connectivity index (χ3n) is 9.83. The van der Waals surface area contributed by atoms with Crippen molar-refractivity contribution in [3.8, 4) is 23.0 Å². The molecule has 240 valence electrons. The zero-order chi connectivity index (χ0) is 31.3. The Bertz CT molecular complexity index is 1430. The van der Waals surface area contributed by atoms with E-state index < -0.39 is 0 Å². The first kappa shape index (κ1) is 30.2. The first-order valence-electron chi connectivity index (χ1n) is 16.7. The summed E-state index contributed by atoms with van der Waals surface area (Å²) in [5, 5.41) is 0. The van der Waals surface area contributed by atoms with Gasteiger partial charge in [0.25, 0.3) is 0 Å². The highest BCUT2D eigenvalue weighted by molar-refractivity contribution is 5.91. The number of amides is 2. The van der Waals surface area contributed by atoms with Crippen LogP contribution in [0.2, 0.25) is 0 Å². The van der Waals surface area contributed by atoms with Crippen LogP contribution in [0.3, 0.4) is 0 Å². The maximum Gasteiger partial charge on any atom is 0.231 e. The van der Waals surface area contributed by atoms with Crippen molar-refractivity contribution >= 4 is 24.0 Å². The van der Waals surface area contributed by atoms with E-state index >= 15 is 0 Å².